The van der Waals surface area contributed by atoms with E-state index in [4.69, 9.17) is 0 Å². The maximum atomic E-state index is 12.3. The molecular weight excluding hydrogens is 384 g/mol. The molecule has 1 unspecified atom stereocenters. The van der Waals surface area contributed by atoms with Crippen LogP contribution >= 0.6 is 28.5 Å². The molecule has 3 nitrogen and oxygen atoms in total. The van der Waals surface area contributed by atoms with Crippen LogP contribution in [-0.4, -0.2) is 17.5 Å². The predicted molar refractivity (Wildman–Crippen MR) is 106 cm³/mol. The molecule has 24 heavy (non-hydrogen) atoms. The standard InChI is InChI=1S/C19H18N2OS.BrH/c22-19-17(16-9-10-20-12-16)18(23-21-19)15-8-4-7-14(11-15)13-5-2-1-3-6-13;/h1-8,11,16,20H,9-10,12H2,(H,21,22);1H. The molecule has 0 saturated carbocycles. The Balaban J connectivity index is 0.00000169. The van der Waals surface area contributed by atoms with Crippen LogP contribution in [-0.2, 0) is 0 Å². The molecule has 1 atom stereocenters. The van der Waals surface area contributed by atoms with Gasteiger partial charge in [0.05, 0.1) is 4.88 Å². The van der Waals surface area contributed by atoms with Gasteiger partial charge in [-0.1, -0.05) is 60.1 Å². The lowest BCUT2D eigenvalue weighted by Crippen LogP contribution is -2.14. The smallest absolute Gasteiger partial charge is 0.262 e. The van der Waals surface area contributed by atoms with Crippen LogP contribution < -0.4 is 10.9 Å². The summed E-state index contributed by atoms with van der Waals surface area (Å²) in [5, 5.41) is 3.36. The molecule has 2 aromatic carbocycles. The fourth-order valence-electron chi connectivity index (χ4n) is 3.27. The van der Waals surface area contributed by atoms with Crippen molar-refractivity contribution in [3.05, 3.63) is 70.5 Å². The van der Waals surface area contributed by atoms with Gasteiger partial charge in [-0.3, -0.25) is 9.17 Å². The minimum absolute atomic E-state index is 0. The second-order valence-corrected chi connectivity index (χ2v) is 6.73. The Morgan fingerprint density at radius 2 is 1.71 bits per heavy atom. The summed E-state index contributed by atoms with van der Waals surface area (Å²) in [5.41, 5.74) is 4.52. The van der Waals surface area contributed by atoms with Crippen molar-refractivity contribution < 1.29 is 0 Å². The Bertz CT molecular complexity index is 866. The molecule has 0 bridgehead atoms. The molecule has 5 heteroatoms. The second-order valence-electron chi connectivity index (χ2n) is 5.91. The van der Waals surface area contributed by atoms with E-state index in [9.17, 15) is 4.79 Å². The average Bonchev–Trinajstić information content (AvgIpc) is 3.25. The molecule has 2 heterocycles. The summed E-state index contributed by atoms with van der Waals surface area (Å²) in [5.74, 6) is 0.320. The van der Waals surface area contributed by atoms with Crippen molar-refractivity contribution in [2.24, 2.45) is 0 Å². The zero-order valence-electron chi connectivity index (χ0n) is 13.1. The number of hydrogen-bond acceptors (Lipinski definition) is 3. The number of aromatic nitrogens is 1. The Labute approximate surface area is 155 Å². The molecule has 1 aliphatic rings. The van der Waals surface area contributed by atoms with Gasteiger partial charge in [-0.25, -0.2) is 0 Å². The number of aromatic amines is 1. The Kier molecular flexibility index (Phi) is 5.33. The first-order chi connectivity index (χ1) is 11.3. The topological polar surface area (TPSA) is 44.9 Å². The lowest BCUT2D eigenvalue weighted by atomic mass is 9.95. The third kappa shape index (κ3) is 3.24. The highest BCUT2D eigenvalue weighted by Gasteiger charge is 2.25. The van der Waals surface area contributed by atoms with Gasteiger partial charge in [0.15, 0.2) is 0 Å². The number of benzene rings is 2. The fraction of sp³-hybridized carbons (Fsp3) is 0.211. The number of hydrogen-bond donors (Lipinski definition) is 2. The number of nitrogens with one attached hydrogen (secondary N) is 2. The van der Waals surface area contributed by atoms with E-state index in [0.717, 1.165) is 35.5 Å². The van der Waals surface area contributed by atoms with Gasteiger partial charge in [-0.05, 0) is 35.7 Å². The molecule has 0 spiro atoms. The Morgan fingerprint density at radius 1 is 0.958 bits per heavy atom. The number of halogens is 1. The van der Waals surface area contributed by atoms with Crippen LogP contribution in [0.25, 0.3) is 21.6 Å². The van der Waals surface area contributed by atoms with Crippen molar-refractivity contribution in [3.63, 3.8) is 0 Å². The fourth-order valence-corrected chi connectivity index (χ4v) is 4.19. The first kappa shape index (κ1) is 17.1. The van der Waals surface area contributed by atoms with Crippen molar-refractivity contribution in [2.45, 2.75) is 12.3 Å². The summed E-state index contributed by atoms with van der Waals surface area (Å²) in [6.07, 6.45) is 1.03. The normalized spacial score (nSPS) is 16.8. The van der Waals surface area contributed by atoms with Crippen molar-refractivity contribution >= 4 is 28.5 Å². The van der Waals surface area contributed by atoms with E-state index in [1.807, 2.05) is 18.2 Å². The minimum atomic E-state index is 0. The van der Waals surface area contributed by atoms with Gasteiger partial charge < -0.3 is 5.32 Å². The van der Waals surface area contributed by atoms with Crippen LogP contribution in [0.2, 0.25) is 0 Å². The first-order valence-electron chi connectivity index (χ1n) is 7.91. The Hall–Kier alpha value is -1.69. The lowest BCUT2D eigenvalue weighted by molar-refractivity contribution is 0.759. The van der Waals surface area contributed by atoms with E-state index in [1.54, 1.807) is 0 Å². The molecule has 1 fully saturated rings. The van der Waals surface area contributed by atoms with Crippen molar-refractivity contribution in [2.75, 3.05) is 13.1 Å². The molecule has 3 aromatic rings. The third-order valence-electron chi connectivity index (χ3n) is 4.44. The maximum absolute atomic E-state index is 12.3. The van der Waals surface area contributed by atoms with Crippen molar-refractivity contribution in [1.82, 2.24) is 9.69 Å². The van der Waals surface area contributed by atoms with Gasteiger partial charge in [0.1, 0.15) is 0 Å². The molecule has 1 aliphatic heterocycles. The Morgan fingerprint density at radius 3 is 2.46 bits per heavy atom. The van der Waals surface area contributed by atoms with Gasteiger partial charge in [0.2, 0.25) is 0 Å². The maximum Gasteiger partial charge on any atom is 0.262 e. The van der Waals surface area contributed by atoms with E-state index in [2.05, 4.69) is 46.1 Å². The van der Waals surface area contributed by atoms with Crippen LogP contribution in [0, 0.1) is 0 Å². The summed E-state index contributed by atoms with van der Waals surface area (Å²) in [6.45, 7) is 1.88. The highest BCUT2D eigenvalue weighted by molar-refractivity contribution is 8.93. The predicted octanol–water partition coefficient (Wildman–Crippen LogP) is 4.43. The molecule has 0 aliphatic carbocycles. The van der Waals surface area contributed by atoms with Crippen LogP contribution in [0.1, 0.15) is 17.9 Å². The van der Waals surface area contributed by atoms with Gasteiger partial charge in [-0.15, -0.1) is 17.0 Å². The van der Waals surface area contributed by atoms with Gasteiger partial charge in [0, 0.05) is 18.0 Å². The van der Waals surface area contributed by atoms with E-state index >= 15 is 0 Å². The summed E-state index contributed by atoms with van der Waals surface area (Å²) in [4.78, 5) is 13.4. The summed E-state index contributed by atoms with van der Waals surface area (Å²) in [6, 6.07) is 18.8. The van der Waals surface area contributed by atoms with Gasteiger partial charge in [0.25, 0.3) is 5.56 Å². The van der Waals surface area contributed by atoms with E-state index in [0.29, 0.717) is 5.92 Å². The van der Waals surface area contributed by atoms with Crippen LogP contribution in [0.3, 0.4) is 0 Å². The second kappa shape index (κ2) is 7.47. The molecule has 4 rings (SSSR count). The minimum Gasteiger partial charge on any atom is -0.316 e. The summed E-state index contributed by atoms with van der Waals surface area (Å²) >= 11 is 1.45. The van der Waals surface area contributed by atoms with E-state index in [1.165, 1.54) is 22.7 Å². The van der Waals surface area contributed by atoms with Crippen LogP contribution in [0.4, 0.5) is 0 Å². The third-order valence-corrected chi connectivity index (χ3v) is 5.38. The number of H-pyrrole nitrogens is 1. The molecule has 124 valence electrons. The summed E-state index contributed by atoms with van der Waals surface area (Å²) in [7, 11) is 0. The highest BCUT2D eigenvalue weighted by atomic mass is 79.9. The van der Waals surface area contributed by atoms with Gasteiger partial charge in [-0.2, -0.15) is 0 Å². The van der Waals surface area contributed by atoms with Crippen LogP contribution in [0.5, 0.6) is 0 Å². The monoisotopic (exact) mass is 402 g/mol. The largest absolute Gasteiger partial charge is 0.316 e. The lowest BCUT2D eigenvalue weighted by Gasteiger charge is -2.09. The van der Waals surface area contributed by atoms with Crippen LogP contribution in [0.15, 0.2) is 59.4 Å². The molecular formula is C19H19BrN2OS. The SMILES string of the molecule is Br.O=c1[nH]sc(-c2cccc(-c3ccccc3)c2)c1C1CCNC1. The molecule has 1 aromatic heterocycles. The van der Waals surface area contributed by atoms with Gasteiger partial charge >= 0.3 is 0 Å². The van der Waals surface area contributed by atoms with E-state index in [-0.39, 0.29) is 22.5 Å². The summed E-state index contributed by atoms with van der Waals surface area (Å²) < 4.78 is 2.93. The first-order valence-corrected chi connectivity index (χ1v) is 8.72. The quantitative estimate of drug-likeness (QED) is 0.680. The van der Waals surface area contributed by atoms with E-state index < -0.39 is 0 Å². The molecule has 2 N–H and O–H groups in total. The zero-order chi connectivity index (χ0) is 15.6. The van der Waals surface area contributed by atoms with Crippen molar-refractivity contribution in [1.29, 1.82) is 0 Å². The molecule has 0 amide bonds. The average molecular weight is 403 g/mol. The molecule has 1 saturated heterocycles. The van der Waals surface area contributed by atoms with Crippen molar-refractivity contribution in [3.8, 4) is 21.6 Å². The number of rotatable bonds is 3. The molecule has 0 radical (unpaired) electrons. The highest BCUT2D eigenvalue weighted by Crippen LogP contribution is 2.34. The zero-order valence-corrected chi connectivity index (χ0v) is 15.6.